The van der Waals surface area contributed by atoms with Gasteiger partial charge in [0, 0.05) is 29.9 Å². The van der Waals surface area contributed by atoms with Crippen LogP contribution in [0.2, 0.25) is 0 Å². The van der Waals surface area contributed by atoms with E-state index in [1.807, 2.05) is 13.8 Å². The standard InChI is InChI=1S/C16H16BrN3O4/c1-10(2)24-16-12(4-3-7-18-16)9-19-15(21)11-5-6-13(17)14(8-11)20(22)23/h3-8,10H,9H2,1-2H3,(H,19,21). The Balaban J connectivity index is 2.12. The van der Waals surface area contributed by atoms with Gasteiger partial charge in [0.25, 0.3) is 11.6 Å². The first-order valence-electron chi connectivity index (χ1n) is 7.21. The maximum absolute atomic E-state index is 12.2. The molecule has 0 aliphatic heterocycles. The van der Waals surface area contributed by atoms with Crippen LogP contribution in [0.15, 0.2) is 41.0 Å². The van der Waals surface area contributed by atoms with Crippen LogP contribution in [0, 0.1) is 10.1 Å². The van der Waals surface area contributed by atoms with Crippen LogP contribution in [-0.4, -0.2) is 21.9 Å². The van der Waals surface area contributed by atoms with Crippen molar-refractivity contribution in [1.29, 1.82) is 0 Å². The van der Waals surface area contributed by atoms with Gasteiger partial charge in [-0.15, -0.1) is 0 Å². The first-order valence-corrected chi connectivity index (χ1v) is 8.00. The number of benzene rings is 1. The van der Waals surface area contributed by atoms with Gasteiger partial charge in [-0.2, -0.15) is 0 Å². The average Bonchev–Trinajstić information content (AvgIpc) is 2.53. The molecule has 0 atom stereocenters. The van der Waals surface area contributed by atoms with E-state index >= 15 is 0 Å². The van der Waals surface area contributed by atoms with Gasteiger partial charge in [0.2, 0.25) is 5.88 Å². The van der Waals surface area contributed by atoms with Crippen molar-refractivity contribution in [3.63, 3.8) is 0 Å². The third kappa shape index (κ3) is 4.51. The molecule has 1 aromatic carbocycles. The normalized spacial score (nSPS) is 10.5. The van der Waals surface area contributed by atoms with Crippen LogP contribution < -0.4 is 10.1 Å². The molecule has 0 aliphatic carbocycles. The Morgan fingerprint density at radius 1 is 1.42 bits per heavy atom. The first kappa shape index (κ1) is 17.9. The van der Waals surface area contributed by atoms with E-state index in [4.69, 9.17) is 4.74 Å². The van der Waals surface area contributed by atoms with Crippen molar-refractivity contribution >= 4 is 27.5 Å². The summed E-state index contributed by atoms with van der Waals surface area (Å²) < 4.78 is 5.91. The van der Waals surface area contributed by atoms with Gasteiger partial charge in [0.05, 0.1) is 15.5 Å². The molecule has 2 rings (SSSR count). The number of pyridine rings is 1. The molecule has 1 aromatic heterocycles. The third-order valence-electron chi connectivity index (χ3n) is 3.04. The van der Waals surface area contributed by atoms with E-state index in [1.165, 1.54) is 18.2 Å². The molecule has 0 unspecified atom stereocenters. The zero-order valence-corrected chi connectivity index (χ0v) is 14.7. The second kappa shape index (κ2) is 7.87. The summed E-state index contributed by atoms with van der Waals surface area (Å²) in [5, 5.41) is 13.7. The second-order valence-corrected chi connectivity index (χ2v) is 6.09. The fourth-order valence-electron chi connectivity index (χ4n) is 1.96. The summed E-state index contributed by atoms with van der Waals surface area (Å²) in [7, 11) is 0. The van der Waals surface area contributed by atoms with Crippen LogP contribution in [0.4, 0.5) is 5.69 Å². The van der Waals surface area contributed by atoms with E-state index < -0.39 is 10.8 Å². The van der Waals surface area contributed by atoms with E-state index in [9.17, 15) is 14.9 Å². The fraction of sp³-hybridized carbons (Fsp3) is 0.250. The molecule has 7 nitrogen and oxygen atoms in total. The summed E-state index contributed by atoms with van der Waals surface area (Å²) in [6.45, 7) is 3.98. The van der Waals surface area contributed by atoms with E-state index in [2.05, 4.69) is 26.2 Å². The number of nitro groups is 1. The number of nitrogens with one attached hydrogen (secondary N) is 1. The van der Waals surface area contributed by atoms with Gasteiger partial charge in [-0.1, -0.05) is 6.07 Å². The lowest BCUT2D eigenvalue weighted by Gasteiger charge is -2.13. The summed E-state index contributed by atoms with van der Waals surface area (Å²) in [4.78, 5) is 26.8. The molecular weight excluding hydrogens is 378 g/mol. The summed E-state index contributed by atoms with van der Waals surface area (Å²) in [5.41, 5.74) is 0.777. The first-order chi connectivity index (χ1) is 11.4. The molecule has 0 bridgehead atoms. The Morgan fingerprint density at radius 2 is 2.17 bits per heavy atom. The van der Waals surface area contributed by atoms with Crippen molar-refractivity contribution in [1.82, 2.24) is 10.3 Å². The number of ether oxygens (including phenoxy) is 1. The molecular formula is C16H16BrN3O4. The third-order valence-corrected chi connectivity index (χ3v) is 3.71. The van der Waals surface area contributed by atoms with E-state index in [1.54, 1.807) is 18.3 Å². The van der Waals surface area contributed by atoms with Gasteiger partial charge in [-0.3, -0.25) is 14.9 Å². The molecule has 1 N–H and O–H groups in total. The molecule has 0 fully saturated rings. The van der Waals surface area contributed by atoms with Gasteiger partial charge in [-0.25, -0.2) is 4.98 Å². The van der Waals surface area contributed by atoms with Crippen LogP contribution in [0.3, 0.4) is 0 Å². The number of carbonyl (C=O) groups is 1. The molecule has 8 heteroatoms. The van der Waals surface area contributed by atoms with Crippen LogP contribution in [0.25, 0.3) is 0 Å². The SMILES string of the molecule is CC(C)Oc1ncccc1CNC(=O)c1ccc(Br)c([N+](=O)[O-])c1. The monoisotopic (exact) mass is 393 g/mol. The molecule has 0 radical (unpaired) electrons. The number of hydrogen-bond acceptors (Lipinski definition) is 5. The number of carbonyl (C=O) groups excluding carboxylic acids is 1. The fourth-order valence-corrected chi connectivity index (χ4v) is 2.35. The van der Waals surface area contributed by atoms with Gasteiger partial charge in [0.1, 0.15) is 0 Å². The van der Waals surface area contributed by atoms with Crippen molar-refractivity contribution in [3.8, 4) is 5.88 Å². The molecule has 1 heterocycles. The highest BCUT2D eigenvalue weighted by Crippen LogP contribution is 2.25. The molecule has 1 amide bonds. The number of halogens is 1. The minimum Gasteiger partial charge on any atom is -0.475 e. The Bertz CT molecular complexity index is 765. The highest BCUT2D eigenvalue weighted by atomic mass is 79.9. The van der Waals surface area contributed by atoms with Crippen molar-refractivity contribution in [2.45, 2.75) is 26.5 Å². The molecule has 0 saturated heterocycles. The maximum Gasteiger partial charge on any atom is 0.284 e. The average molecular weight is 394 g/mol. The smallest absolute Gasteiger partial charge is 0.284 e. The molecule has 0 saturated carbocycles. The number of amides is 1. The zero-order valence-electron chi connectivity index (χ0n) is 13.2. The Kier molecular flexibility index (Phi) is 5.86. The van der Waals surface area contributed by atoms with Gasteiger partial charge in [-0.05, 0) is 48.0 Å². The van der Waals surface area contributed by atoms with E-state index in [-0.39, 0.29) is 23.9 Å². The predicted molar refractivity (Wildman–Crippen MR) is 92.0 cm³/mol. The van der Waals surface area contributed by atoms with Gasteiger partial charge < -0.3 is 10.1 Å². The van der Waals surface area contributed by atoms with E-state index in [0.717, 1.165) is 5.56 Å². The van der Waals surface area contributed by atoms with Gasteiger partial charge >= 0.3 is 0 Å². The summed E-state index contributed by atoms with van der Waals surface area (Å²) in [6.07, 6.45) is 1.57. The van der Waals surface area contributed by atoms with Crippen LogP contribution in [-0.2, 0) is 6.54 Å². The van der Waals surface area contributed by atoms with Crippen LogP contribution in [0.5, 0.6) is 5.88 Å². The lowest BCUT2D eigenvalue weighted by atomic mass is 10.2. The molecule has 0 spiro atoms. The summed E-state index contributed by atoms with van der Waals surface area (Å²) >= 11 is 3.09. The Hall–Kier alpha value is -2.48. The topological polar surface area (TPSA) is 94.4 Å². The van der Waals surface area contributed by atoms with Crippen molar-refractivity contribution < 1.29 is 14.5 Å². The maximum atomic E-state index is 12.2. The minimum atomic E-state index is -0.545. The lowest BCUT2D eigenvalue weighted by Crippen LogP contribution is -2.23. The summed E-state index contributed by atoms with van der Waals surface area (Å²) in [5.74, 6) is 0.0412. The number of nitrogens with zero attached hydrogens (tertiary/aromatic N) is 2. The van der Waals surface area contributed by atoms with Crippen molar-refractivity contribution in [3.05, 3.63) is 62.2 Å². The Morgan fingerprint density at radius 3 is 2.83 bits per heavy atom. The molecule has 24 heavy (non-hydrogen) atoms. The lowest BCUT2D eigenvalue weighted by molar-refractivity contribution is -0.385. The summed E-state index contributed by atoms with van der Waals surface area (Å²) in [6, 6.07) is 7.77. The van der Waals surface area contributed by atoms with Crippen molar-refractivity contribution in [2.24, 2.45) is 0 Å². The quantitative estimate of drug-likeness (QED) is 0.598. The largest absolute Gasteiger partial charge is 0.475 e. The highest BCUT2D eigenvalue weighted by molar-refractivity contribution is 9.10. The highest BCUT2D eigenvalue weighted by Gasteiger charge is 2.16. The molecule has 0 aliphatic rings. The van der Waals surface area contributed by atoms with Crippen LogP contribution >= 0.6 is 15.9 Å². The van der Waals surface area contributed by atoms with Crippen molar-refractivity contribution in [2.75, 3.05) is 0 Å². The molecule has 2 aromatic rings. The minimum absolute atomic E-state index is 0.0384. The number of rotatable bonds is 6. The number of nitro benzene ring substituents is 1. The van der Waals surface area contributed by atoms with E-state index in [0.29, 0.717) is 10.4 Å². The number of aromatic nitrogens is 1. The predicted octanol–water partition coefficient (Wildman–Crippen LogP) is 3.47. The molecule has 126 valence electrons. The number of hydrogen-bond donors (Lipinski definition) is 1. The van der Waals surface area contributed by atoms with Gasteiger partial charge in [0.15, 0.2) is 0 Å². The Labute approximate surface area is 147 Å². The van der Waals surface area contributed by atoms with Crippen LogP contribution in [0.1, 0.15) is 29.8 Å². The second-order valence-electron chi connectivity index (χ2n) is 5.24. The zero-order chi connectivity index (χ0) is 17.7.